The van der Waals surface area contributed by atoms with Gasteiger partial charge in [-0.25, -0.2) is 0 Å². The van der Waals surface area contributed by atoms with Gasteiger partial charge in [-0.2, -0.15) is 0 Å². The van der Waals surface area contributed by atoms with E-state index in [1.807, 2.05) is 0 Å². The molecular formula is C62H126O2. The zero-order chi connectivity index (χ0) is 47.4. The molecule has 2 nitrogen and oxygen atoms in total. The molecule has 0 rings (SSSR count). The number of rotatable bonds is 53. The molecule has 64 heavy (non-hydrogen) atoms. The number of aliphatic hydroxyl groups excluding tert-OH is 2. The topological polar surface area (TPSA) is 40.5 Å². The van der Waals surface area contributed by atoms with Crippen molar-refractivity contribution in [2.75, 3.05) is 13.2 Å². The van der Waals surface area contributed by atoms with Gasteiger partial charge in [0.15, 0.2) is 0 Å². The molecule has 2 N–H and O–H groups in total. The van der Waals surface area contributed by atoms with E-state index in [1.165, 1.54) is 308 Å². The lowest BCUT2D eigenvalue weighted by Gasteiger charge is -2.38. The van der Waals surface area contributed by atoms with Crippen molar-refractivity contribution in [2.45, 2.75) is 364 Å². The molecule has 0 bridgehead atoms. The summed E-state index contributed by atoms with van der Waals surface area (Å²) in [6.07, 6.45) is 65.2. The summed E-state index contributed by atoms with van der Waals surface area (Å²) < 4.78 is 0. The number of aliphatic hydroxyl groups is 2. The van der Waals surface area contributed by atoms with Gasteiger partial charge in [-0.3, -0.25) is 0 Å². The third kappa shape index (κ3) is 31.9. The van der Waals surface area contributed by atoms with E-state index in [0.717, 1.165) is 0 Å². The summed E-state index contributed by atoms with van der Waals surface area (Å²) in [5, 5.41) is 21.7. The quantitative estimate of drug-likeness (QED) is 0.0597. The van der Waals surface area contributed by atoms with E-state index in [4.69, 9.17) is 0 Å². The Morgan fingerprint density at radius 3 is 0.500 bits per heavy atom. The molecule has 0 aromatic carbocycles. The lowest BCUT2D eigenvalue weighted by molar-refractivity contribution is 0.0768. The zero-order valence-electron chi connectivity index (χ0n) is 46.2. The van der Waals surface area contributed by atoms with Crippen LogP contribution in [0.25, 0.3) is 0 Å². The Morgan fingerprint density at radius 1 is 0.172 bits per heavy atom. The van der Waals surface area contributed by atoms with Crippen molar-refractivity contribution < 1.29 is 10.2 Å². The standard InChI is InChI=1S/C62H126O2/c1-9-17-31-43-59(44-32-18-10-2,53-41-55-61(57-63,49-35-21-13-5)50-36-22-14-6)47-39-29-27-25-26-28-30-40-48-60(45-33-19-11-3,46-34-20-12-4)54-42-56-62(58-64,51-37-23-15-7)52-38-24-16-8/h63-64H,9-58H2,1-8H3. The Kier molecular flexibility index (Phi) is 44.1. The van der Waals surface area contributed by atoms with E-state index in [2.05, 4.69) is 55.4 Å². The van der Waals surface area contributed by atoms with Crippen LogP contribution in [-0.4, -0.2) is 23.4 Å². The van der Waals surface area contributed by atoms with Gasteiger partial charge >= 0.3 is 0 Å². The van der Waals surface area contributed by atoms with Crippen molar-refractivity contribution in [1.29, 1.82) is 0 Å². The monoisotopic (exact) mass is 903 g/mol. The second-order valence-corrected chi connectivity index (χ2v) is 23.0. The van der Waals surface area contributed by atoms with Gasteiger partial charge in [-0.05, 0) is 112 Å². The predicted molar refractivity (Wildman–Crippen MR) is 291 cm³/mol. The van der Waals surface area contributed by atoms with Crippen LogP contribution in [0.1, 0.15) is 364 Å². The van der Waals surface area contributed by atoms with E-state index in [1.54, 1.807) is 0 Å². The van der Waals surface area contributed by atoms with E-state index in [-0.39, 0.29) is 10.8 Å². The molecule has 0 heterocycles. The van der Waals surface area contributed by atoms with Crippen molar-refractivity contribution in [2.24, 2.45) is 21.7 Å². The fraction of sp³-hybridized carbons (Fsp3) is 1.00. The van der Waals surface area contributed by atoms with Crippen LogP contribution >= 0.6 is 0 Å². The molecule has 0 unspecified atom stereocenters. The Hall–Kier alpha value is -0.0800. The fourth-order valence-electron chi connectivity index (χ4n) is 12.5. The zero-order valence-corrected chi connectivity index (χ0v) is 46.2. The van der Waals surface area contributed by atoms with Crippen molar-refractivity contribution in [3.05, 3.63) is 0 Å². The first-order valence-corrected chi connectivity index (χ1v) is 30.4. The number of unbranched alkanes of at least 4 members (excludes halogenated alkanes) is 23. The highest BCUT2D eigenvalue weighted by Gasteiger charge is 2.34. The second-order valence-electron chi connectivity index (χ2n) is 23.0. The Balaban J connectivity index is 5.48. The minimum atomic E-state index is 0.170. The van der Waals surface area contributed by atoms with Crippen LogP contribution in [0.15, 0.2) is 0 Å². The average molecular weight is 904 g/mol. The van der Waals surface area contributed by atoms with Crippen LogP contribution in [0.4, 0.5) is 0 Å². The fourth-order valence-corrected chi connectivity index (χ4v) is 12.5. The third-order valence-electron chi connectivity index (χ3n) is 17.1. The van der Waals surface area contributed by atoms with Gasteiger partial charge in [-0.1, -0.05) is 274 Å². The summed E-state index contributed by atoms with van der Waals surface area (Å²) in [5.74, 6) is 0. The maximum atomic E-state index is 10.9. The van der Waals surface area contributed by atoms with E-state index >= 15 is 0 Å². The van der Waals surface area contributed by atoms with Gasteiger partial charge in [0, 0.05) is 13.2 Å². The molecule has 0 saturated heterocycles. The highest BCUT2D eigenvalue weighted by Crippen LogP contribution is 2.46. The maximum absolute atomic E-state index is 10.9. The van der Waals surface area contributed by atoms with E-state index in [0.29, 0.717) is 24.0 Å². The van der Waals surface area contributed by atoms with Gasteiger partial charge in [-0.15, -0.1) is 0 Å². The first-order valence-electron chi connectivity index (χ1n) is 30.4. The van der Waals surface area contributed by atoms with Crippen LogP contribution in [-0.2, 0) is 0 Å². The van der Waals surface area contributed by atoms with Crippen LogP contribution < -0.4 is 0 Å². The lowest BCUT2D eigenvalue weighted by Crippen LogP contribution is -2.28. The Bertz CT molecular complexity index is 810. The van der Waals surface area contributed by atoms with Gasteiger partial charge < -0.3 is 10.2 Å². The summed E-state index contributed by atoms with van der Waals surface area (Å²) in [5.41, 5.74) is 1.40. The normalized spacial score (nSPS) is 12.8. The van der Waals surface area contributed by atoms with Crippen LogP contribution in [0, 0.1) is 21.7 Å². The molecule has 0 aliphatic carbocycles. The smallest absolute Gasteiger partial charge is 0.0487 e. The first kappa shape index (κ1) is 63.9. The van der Waals surface area contributed by atoms with Crippen molar-refractivity contribution in [1.82, 2.24) is 0 Å². The molecule has 0 aromatic heterocycles. The molecule has 0 spiro atoms. The van der Waals surface area contributed by atoms with Crippen LogP contribution in [0.2, 0.25) is 0 Å². The average Bonchev–Trinajstić information content (AvgIpc) is 3.30. The highest BCUT2D eigenvalue weighted by molar-refractivity contribution is 4.86. The molecule has 0 fully saturated rings. The minimum absolute atomic E-state index is 0.170. The molecular weight excluding hydrogens is 777 g/mol. The molecule has 0 saturated carbocycles. The van der Waals surface area contributed by atoms with Crippen molar-refractivity contribution >= 4 is 0 Å². The largest absolute Gasteiger partial charge is 0.396 e. The minimum Gasteiger partial charge on any atom is -0.396 e. The van der Waals surface area contributed by atoms with Crippen LogP contribution in [0.3, 0.4) is 0 Å². The lowest BCUT2D eigenvalue weighted by atomic mass is 9.68. The Labute approximate surface area is 407 Å². The SMILES string of the molecule is CCCCCC(CO)(CCCCC)CCCC(CCCCC)(CCCCC)CCCCCCCCCCC(CCCCC)(CCCCC)CCCC(CO)(CCCCC)CCCCC. The van der Waals surface area contributed by atoms with Gasteiger partial charge in [0.1, 0.15) is 0 Å². The molecule has 0 radical (unpaired) electrons. The molecule has 0 atom stereocenters. The summed E-state index contributed by atoms with van der Waals surface area (Å²) in [4.78, 5) is 0. The molecule has 386 valence electrons. The van der Waals surface area contributed by atoms with Crippen LogP contribution in [0.5, 0.6) is 0 Å². The summed E-state index contributed by atoms with van der Waals surface area (Å²) in [6.45, 7) is 19.6. The van der Waals surface area contributed by atoms with Crippen molar-refractivity contribution in [3.8, 4) is 0 Å². The van der Waals surface area contributed by atoms with Gasteiger partial charge in [0.2, 0.25) is 0 Å². The number of hydrogen-bond acceptors (Lipinski definition) is 2. The van der Waals surface area contributed by atoms with Gasteiger partial charge in [0.25, 0.3) is 0 Å². The molecule has 0 aromatic rings. The van der Waals surface area contributed by atoms with E-state index in [9.17, 15) is 10.2 Å². The third-order valence-corrected chi connectivity index (χ3v) is 17.1. The first-order chi connectivity index (χ1) is 31.2. The summed E-state index contributed by atoms with van der Waals surface area (Å²) in [7, 11) is 0. The second kappa shape index (κ2) is 44.1. The molecule has 2 heteroatoms. The van der Waals surface area contributed by atoms with Gasteiger partial charge in [0.05, 0.1) is 0 Å². The maximum Gasteiger partial charge on any atom is 0.0487 e. The molecule has 0 aliphatic rings. The summed E-state index contributed by atoms with van der Waals surface area (Å²) >= 11 is 0. The van der Waals surface area contributed by atoms with E-state index < -0.39 is 0 Å². The highest BCUT2D eigenvalue weighted by atomic mass is 16.3. The summed E-state index contributed by atoms with van der Waals surface area (Å²) in [6, 6.07) is 0. The van der Waals surface area contributed by atoms with Crippen molar-refractivity contribution in [3.63, 3.8) is 0 Å². The molecule has 0 amide bonds. The Morgan fingerprint density at radius 2 is 0.312 bits per heavy atom. The number of hydrogen-bond donors (Lipinski definition) is 2. The predicted octanol–water partition coefficient (Wildman–Crippen LogP) is 21.8. The molecule has 0 aliphatic heterocycles.